The lowest BCUT2D eigenvalue weighted by atomic mass is 9.76. The number of fused-ring (bicyclic) bond motifs is 2. The molecule has 2 saturated heterocycles. The standard InChI is InChI=1S/C21H24O3/c22-19-9-5-4-8-16(19)12-17-18(21-11-10-20(17)24-21)14-23-13-15-6-2-1-3-7-15/h1-9,17-18,20-22H,10-14H2. The lowest BCUT2D eigenvalue weighted by Crippen LogP contribution is -2.32. The monoisotopic (exact) mass is 324 g/mol. The number of phenols is 1. The summed E-state index contributed by atoms with van der Waals surface area (Å²) in [6, 6.07) is 17.9. The van der Waals surface area contributed by atoms with Crippen molar-refractivity contribution in [2.75, 3.05) is 6.61 Å². The third kappa shape index (κ3) is 3.19. The Bertz CT molecular complexity index is 670. The molecule has 24 heavy (non-hydrogen) atoms. The summed E-state index contributed by atoms with van der Waals surface area (Å²) in [5.41, 5.74) is 2.23. The minimum Gasteiger partial charge on any atom is -0.508 e. The van der Waals surface area contributed by atoms with Gasteiger partial charge in [0.15, 0.2) is 0 Å². The van der Waals surface area contributed by atoms with E-state index in [1.54, 1.807) is 6.07 Å². The summed E-state index contributed by atoms with van der Waals surface area (Å²) in [5.74, 6) is 1.25. The topological polar surface area (TPSA) is 38.7 Å². The van der Waals surface area contributed by atoms with E-state index in [0.29, 0.717) is 36.4 Å². The van der Waals surface area contributed by atoms with Gasteiger partial charge in [0, 0.05) is 5.92 Å². The molecule has 4 atom stereocenters. The summed E-state index contributed by atoms with van der Waals surface area (Å²) < 4.78 is 12.2. The Kier molecular flexibility index (Phi) is 4.54. The highest BCUT2D eigenvalue weighted by molar-refractivity contribution is 5.32. The second-order valence-electron chi connectivity index (χ2n) is 6.95. The van der Waals surface area contributed by atoms with Gasteiger partial charge in [-0.25, -0.2) is 0 Å². The molecule has 2 bridgehead atoms. The molecular weight excluding hydrogens is 300 g/mol. The number of rotatable bonds is 6. The molecule has 4 rings (SSSR count). The second kappa shape index (κ2) is 6.96. The average molecular weight is 324 g/mol. The van der Waals surface area contributed by atoms with Gasteiger partial charge in [0.2, 0.25) is 0 Å². The van der Waals surface area contributed by atoms with Crippen LogP contribution in [0.3, 0.4) is 0 Å². The maximum absolute atomic E-state index is 10.1. The van der Waals surface area contributed by atoms with Gasteiger partial charge in [-0.1, -0.05) is 48.5 Å². The lowest BCUT2D eigenvalue weighted by molar-refractivity contribution is 0.0418. The van der Waals surface area contributed by atoms with Crippen molar-refractivity contribution in [3.05, 3.63) is 65.7 Å². The third-order valence-corrected chi connectivity index (χ3v) is 5.46. The molecule has 3 nitrogen and oxygen atoms in total. The van der Waals surface area contributed by atoms with Crippen molar-refractivity contribution in [3.8, 4) is 5.75 Å². The van der Waals surface area contributed by atoms with Crippen LogP contribution in [0, 0.1) is 11.8 Å². The molecule has 0 spiro atoms. The molecule has 2 fully saturated rings. The maximum Gasteiger partial charge on any atom is 0.118 e. The molecule has 0 radical (unpaired) electrons. The van der Waals surface area contributed by atoms with E-state index in [2.05, 4.69) is 12.1 Å². The molecule has 0 amide bonds. The average Bonchev–Trinajstić information content (AvgIpc) is 3.20. The molecule has 0 aromatic heterocycles. The molecule has 3 heteroatoms. The predicted octanol–water partition coefficient (Wildman–Crippen LogP) is 3.95. The van der Waals surface area contributed by atoms with Crippen molar-refractivity contribution in [2.45, 2.75) is 38.1 Å². The molecule has 2 heterocycles. The summed E-state index contributed by atoms with van der Waals surface area (Å²) in [4.78, 5) is 0. The first kappa shape index (κ1) is 15.7. The Labute approximate surface area is 143 Å². The van der Waals surface area contributed by atoms with E-state index >= 15 is 0 Å². The first-order valence-electron chi connectivity index (χ1n) is 8.85. The maximum atomic E-state index is 10.1. The fraction of sp³-hybridized carbons (Fsp3) is 0.429. The largest absolute Gasteiger partial charge is 0.508 e. The molecule has 2 aliphatic rings. The van der Waals surface area contributed by atoms with Crippen molar-refractivity contribution < 1.29 is 14.6 Å². The van der Waals surface area contributed by atoms with E-state index in [1.807, 2.05) is 36.4 Å². The molecule has 126 valence electrons. The van der Waals surface area contributed by atoms with Crippen LogP contribution in [-0.4, -0.2) is 23.9 Å². The number of benzene rings is 2. The third-order valence-electron chi connectivity index (χ3n) is 5.46. The molecule has 4 unspecified atom stereocenters. The summed E-state index contributed by atoms with van der Waals surface area (Å²) in [7, 11) is 0. The van der Waals surface area contributed by atoms with Crippen molar-refractivity contribution >= 4 is 0 Å². The Morgan fingerprint density at radius 2 is 1.62 bits per heavy atom. The predicted molar refractivity (Wildman–Crippen MR) is 92.8 cm³/mol. The van der Waals surface area contributed by atoms with Crippen LogP contribution in [-0.2, 0) is 22.5 Å². The highest BCUT2D eigenvalue weighted by Crippen LogP contribution is 2.45. The van der Waals surface area contributed by atoms with Crippen LogP contribution in [0.15, 0.2) is 54.6 Å². The highest BCUT2D eigenvalue weighted by Gasteiger charge is 2.48. The van der Waals surface area contributed by atoms with Crippen LogP contribution in [0.2, 0.25) is 0 Å². The Hall–Kier alpha value is -1.84. The number of ether oxygens (including phenoxy) is 2. The Morgan fingerprint density at radius 3 is 2.42 bits per heavy atom. The number of hydrogen-bond acceptors (Lipinski definition) is 3. The van der Waals surface area contributed by atoms with Gasteiger partial charge < -0.3 is 14.6 Å². The first-order chi connectivity index (χ1) is 11.8. The van der Waals surface area contributed by atoms with Gasteiger partial charge in [-0.3, -0.25) is 0 Å². The fourth-order valence-electron chi connectivity index (χ4n) is 4.21. The van der Waals surface area contributed by atoms with Gasteiger partial charge in [0.1, 0.15) is 5.75 Å². The van der Waals surface area contributed by atoms with Crippen LogP contribution in [0.1, 0.15) is 24.0 Å². The summed E-state index contributed by atoms with van der Waals surface area (Å²) in [6.45, 7) is 1.38. The van der Waals surface area contributed by atoms with Crippen LogP contribution >= 0.6 is 0 Å². The molecular formula is C21H24O3. The Balaban J connectivity index is 1.40. The zero-order valence-corrected chi connectivity index (χ0v) is 13.8. The van der Waals surface area contributed by atoms with E-state index in [4.69, 9.17) is 9.47 Å². The van der Waals surface area contributed by atoms with Gasteiger partial charge in [-0.2, -0.15) is 0 Å². The zero-order valence-electron chi connectivity index (χ0n) is 13.8. The molecule has 1 N–H and O–H groups in total. The molecule has 0 saturated carbocycles. The van der Waals surface area contributed by atoms with Crippen molar-refractivity contribution in [2.24, 2.45) is 11.8 Å². The van der Waals surface area contributed by atoms with E-state index in [1.165, 1.54) is 5.56 Å². The van der Waals surface area contributed by atoms with Gasteiger partial charge in [-0.15, -0.1) is 0 Å². The quantitative estimate of drug-likeness (QED) is 0.874. The van der Waals surface area contributed by atoms with E-state index in [0.717, 1.165) is 31.4 Å². The van der Waals surface area contributed by atoms with Crippen LogP contribution < -0.4 is 0 Å². The van der Waals surface area contributed by atoms with Gasteiger partial charge in [0.25, 0.3) is 0 Å². The summed E-state index contributed by atoms with van der Waals surface area (Å²) in [5, 5.41) is 10.1. The molecule has 2 aromatic carbocycles. The van der Waals surface area contributed by atoms with Gasteiger partial charge in [0.05, 0.1) is 25.4 Å². The second-order valence-corrected chi connectivity index (χ2v) is 6.95. The van der Waals surface area contributed by atoms with E-state index in [9.17, 15) is 5.11 Å². The lowest BCUT2D eigenvalue weighted by Gasteiger charge is -2.28. The zero-order chi connectivity index (χ0) is 16.4. The molecule has 2 aliphatic heterocycles. The number of aromatic hydroxyl groups is 1. The number of hydrogen-bond donors (Lipinski definition) is 1. The van der Waals surface area contributed by atoms with Crippen LogP contribution in [0.5, 0.6) is 5.75 Å². The van der Waals surface area contributed by atoms with Crippen molar-refractivity contribution in [1.29, 1.82) is 0 Å². The number of para-hydroxylation sites is 1. The van der Waals surface area contributed by atoms with Gasteiger partial charge in [-0.05, 0) is 42.4 Å². The highest BCUT2D eigenvalue weighted by atomic mass is 16.5. The smallest absolute Gasteiger partial charge is 0.118 e. The van der Waals surface area contributed by atoms with E-state index < -0.39 is 0 Å². The summed E-state index contributed by atoms with van der Waals surface area (Å²) >= 11 is 0. The fourth-order valence-corrected chi connectivity index (χ4v) is 4.21. The van der Waals surface area contributed by atoms with Crippen molar-refractivity contribution in [1.82, 2.24) is 0 Å². The summed E-state index contributed by atoms with van der Waals surface area (Å²) in [6.07, 6.45) is 3.79. The first-order valence-corrected chi connectivity index (χ1v) is 8.85. The Morgan fingerprint density at radius 1 is 0.917 bits per heavy atom. The molecule has 0 aliphatic carbocycles. The van der Waals surface area contributed by atoms with Crippen molar-refractivity contribution in [3.63, 3.8) is 0 Å². The SMILES string of the molecule is Oc1ccccc1CC1C2CCC(O2)C1COCc1ccccc1. The minimum absolute atomic E-state index is 0.319. The minimum atomic E-state index is 0.319. The molecule has 2 aromatic rings. The van der Waals surface area contributed by atoms with Gasteiger partial charge >= 0.3 is 0 Å². The normalized spacial score (nSPS) is 28.3. The van der Waals surface area contributed by atoms with Crippen LogP contribution in [0.4, 0.5) is 0 Å². The van der Waals surface area contributed by atoms with E-state index in [-0.39, 0.29) is 0 Å². The number of phenolic OH excluding ortho intramolecular Hbond substituents is 1. The van der Waals surface area contributed by atoms with Crippen LogP contribution in [0.25, 0.3) is 0 Å².